The van der Waals surface area contributed by atoms with E-state index in [0.29, 0.717) is 0 Å². The highest BCUT2D eigenvalue weighted by molar-refractivity contribution is 5.51. The fraction of sp³-hybridized carbons (Fsp3) is 0.571. The van der Waals surface area contributed by atoms with Gasteiger partial charge < -0.3 is 5.73 Å². The maximum atomic E-state index is 5.96. The third-order valence-corrected chi connectivity index (χ3v) is 3.79. The van der Waals surface area contributed by atoms with Crippen LogP contribution in [0, 0.1) is 12.8 Å². The molecule has 0 unspecified atom stereocenters. The van der Waals surface area contributed by atoms with Gasteiger partial charge in [0.25, 0.3) is 0 Å². The zero-order valence-electron chi connectivity index (χ0n) is 9.79. The summed E-state index contributed by atoms with van der Waals surface area (Å²) in [7, 11) is 0. The van der Waals surface area contributed by atoms with E-state index in [0.717, 1.165) is 17.5 Å². The molecule has 0 radical (unpaired) electrons. The van der Waals surface area contributed by atoms with Crippen LogP contribution in [0.2, 0.25) is 0 Å². The Morgan fingerprint density at radius 1 is 1.27 bits per heavy atom. The molecule has 1 nitrogen and oxygen atoms in total. The molecule has 1 aromatic carbocycles. The number of nitrogens with two attached hydrogens (primary N) is 1. The van der Waals surface area contributed by atoms with Crippen LogP contribution in [0.15, 0.2) is 18.2 Å². The average molecular weight is 203 g/mol. The summed E-state index contributed by atoms with van der Waals surface area (Å²) in [6, 6.07) is 6.36. The topological polar surface area (TPSA) is 26.0 Å². The van der Waals surface area contributed by atoms with Gasteiger partial charge in [0, 0.05) is 5.69 Å². The van der Waals surface area contributed by atoms with E-state index < -0.39 is 0 Å². The van der Waals surface area contributed by atoms with Crippen LogP contribution in [0.5, 0.6) is 0 Å². The Morgan fingerprint density at radius 3 is 2.80 bits per heavy atom. The first-order valence-electron chi connectivity index (χ1n) is 6.03. The predicted molar refractivity (Wildman–Crippen MR) is 66.0 cm³/mol. The van der Waals surface area contributed by atoms with E-state index >= 15 is 0 Å². The van der Waals surface area contributed by atoms with E-state index in [1.807, 2.05) is 6.07 Å². The van der Waals surface area contributed by atoms with Crippen LogP contribution in [0.25, 0.3) is 0 Å². The standard InChI is InChI=1S/C14H21N/c1-10-5-3-6-12(9-10)13-7-4-8-14(15)11(13)2/h4,7-8,10,12H,3,5-6,9,15H2,1-2H3/t10-,12+/m0/s1. The van der Waals surface area contributed by atoms with Gasteiger partial charge in [0.05, 0.1) is 0 Å². The Kier molecular flexibility index (Phi) is 2.99. The van der Waals surface area contributed by atoms with Crippen molar-refractivity contribution in [3.63, 3.8) is 0 Å². The van der Waals surface area contributed by atoms with Gasteiger partial charge in [-0.25, -0.2) is 0 Å². The molecule has 2 rings (SSSR count). The summed E-state index contributed by atoms with van der Waals surface area (Å²) >= 11 is 0. The Labute approximate surface area is 92.7 Å². The Balaban J connectivity index is 2.24. The number of hydrogen-bond acceptors (Lipinski definition) is 1. The van der Waals surface area contributed by atoms with Gasteiger partial charge in [-0.2, -0.15) is 0 Å². The van der Waals surface area contributed by atoms with Crippen LogP contribution in [0.4, 0.5) is 5.69 Å². The highest BCUT2D eigenvalue weighted by Gasteiger charge is 2.21. The summed E-state index contributed by atoms with van der Waals surface area (Å²) in [6.07, 6.45) is 5.46. The largest absolute Gasteiger partial charge is 0.399 e. The third-order valence-electron chi connectivity index (χ3n) is 3.79. The predicted octanol–water partition coefficient (Wildman–Crippen LogP) is 3.87. The van der Waals surface area contributed by atoms with Crippen LogP contribution >= 0.6 is 0 Å². The normalized spacial score (nSPS) is 26.5. The second-order valence-electron chi connectivity index (χ2n) is 5.03. The number of hydrogen-bond donors (Lipinski definition) is 1. The molecule has 1 fully saturated rings. The van der Waals surface area contributed by atoms with Crippen LogP contribution in [-0.4, -0.2) is 0 Å². The molecule has 1 saturated carbocycles. The first kappa shape index (κ1) is 10.5. The van der Waals surface area contributed by atoms with Gasteiger partial charge in [-0.1, -0.05) is 31.9 Å². The number of benzene rings is 1. The van der Waals surface area contributed by atoms with Crippen LogP contribution < -0.4 is 5.73 Å². The zero-order valence-corrected chi connectivity index (χ0v) is 9.79. The fourth-order valence-corrected chi connectivity index (χ4v) is 2.83. The minimum Gasteiger partial charge on any atom is -0.399 e. The van der Waals surface area contributed by atoms with Crippen molar-refractivity contribution in [3.8, 4) is 0 Å². The van der Waals surface area contributed by atoms with Gasteiger partial charge in [-0.15, -0.1) is 0 Å². The van der Waals surface area contributed by atoms with E-state index in [1.54, 1.807) is 0 Å². The molecule has 1 aliphatic carbocycles. The summed E-state index contributed by atoms with van der Waals surface area (Å²) in [5.74, 6) is 1.63. The summed E-state index contributed by atoms with van der Waals surface area (Å²) in [5.41, 5.74) is 9.70. The second kappa shape index (κ2) is 4.26. The van der Waals surface area contributed by atoms with Gasteiger partial charge in [-0.05, 0) is 48.8 Å². The van der Waals surface area contributed by atoms with E-state index in [-0.39, 0.29) is 0 Å². The minimum absolute atomic E-state index is 0.747. The zero-order chi connectivity index (χ0) is 10.8. The third kappa shape index (κ3) is 2.17. The molecule has 0 amide bonds. The molecule has 1 aromatic rings. The lowest BCUT2D eigenvalue weighted by molar-refractivity contribution is 0.343. The van der Waals surface area contributed by atoms with E-state index in [1.165, 1.54) is 36.8 Å². The molecule has 0 aliphatic heterocycles. The van der Waals surface area contributed by atoms with E-state index in [9.17, 15) is 0 Å². The Morgan fingerprint density at radius 2 is 2.07 bits per heavy atom. The summed E-state index contributed by atoms with van der Waals surface area (Å²) in [4.78, 5) is 0. The Bertz CT molecular complexity index is 343. The fourth-order valence-electron chi connectivity index (χ4n) is 2.83. The van der Waals surface area contributed by atoms with Crippen molar-refractivity contribution in [2.75, 3.05) is 5.73 Å². The van der Waals surface area contributed by atoms with Gasteiger partial charge in [0.2, 0.25) is 0 Å². The molecule has 0 spiro atoms. The van der Waals surface area contributed by atoms with Crippen molar-refractivity contribution >= 4 is 5.69 Å². The van der Waals surface area contributed by atoms with Crippen molar-refractivity contribution in [1.82, 2.24) is 0 Å². The second-order valence-corrected chi connectivity index (χ2v) is 5.03. The smallest absolute Gasteiger partial charge is 0.0346 e. The maximum absolute atomic E-state index is 5.96. The van der Waals surface area contributed by atoms with E-state index in [4.69, 9.17) is 5.73 Å². The molecule has 0 heterocycles. The molecule has 0 aromatic heterocycles. The minimum atomic E-state index is 0.747. The van der Waals surface area contributed by atoms with Crippen molar-refractivity contribution in [1.29, 1.82) is 0 Å². The van der Waals surface area contributed by atoms with Crippen molar-refractivity contribution in [2.45, 2.75) is 45.4 Å². The van der Waals surface area contributed by atoms with Crippen LogP contribution in [0.3, 0.4) is 0 Å². The van der Waals surface area contributed by atoms with Crippen LogP contribution in [0.1, 0.15) is 49.7 Å². The number of rotatable bonds is 1. The van der Waals surface area contributed by atoms with Gasteiger partial charge in [0.1, 0.15) is 0 Å². The average Bonchev–Trinajstić information content (AvgIpc) is 2.22. The van der Waals surface area contributed by atoms with Gasteiger partial charge in [-0.3, -0.25) is 0 Å². The molecule has 1 aliphatic rings. The lowest BCUT2D eigenvalue weighted by atomic mass is 9.77. The molecule has 2 atom stereocenters. The van der Waals surface area contributed by atoms with Gasteiger partial charge in [0.15, 0.2) is 0 Å². The summed E-state index contributed by atoms with van der Waals surface area (Å²) in [6.45, 7) is 4.53. The quantitative estimate of drug-likeness (QED) is 0.689. The summed E-state index contributed by atoms with van der Waals surface area (Å²) in [5, 5.41) is 0. The van der Waals surface area contributed by atoms with Crippen molar-refractivity contribution < 1.29 is 0 Å². The SMILES string of the molecule is Cc1c(N)cccc1[C@@H]1CCC[C@H](C)C1. The molecule has 0 bridgehead atoms. The monoisotopic (exact) mass is 203 g/mol. The molecular formula is C14H21N. The molecule has 15 heavy (non-hydrogen) atoms. The number of anilines is 1. The van der Waals surface area contributed by atoms with Crippen molar-refractivity contribution in [3.05, 3.63) is 29.3 Å². The molecule has 0 saturated heterocycles. The lowest BCUT2D eigenvalue weighted by Crippen LogP contribution is -2.13. The Hall–Kier alpha value is -0.980. The first-order chi connectivity index (χ1) is 7.18. The molecule has 2 N–H and O–H groups in total. The molecule has 82 valence electrons. The maximum Gasteiger partial charge on any atom is 0.0346 e. The summed E-state index contributed by atoms with van der Waals surface area (Å²) < 4.78 is 0. The van der Waals surface area contributed by atoms with Crippen molar-refractivity contribution in [2.24, 2.45) is 5.92 Å². The lowest BCUT2D eigenvalue weighted by Gasteiger charge is -2.28. The molecule has 1 heteroatoms. The van der Waals surface area contributed by atoms with Gasteiger partial charge >= 0.3 is 0 Å². The highest BCUT2D eigenvalue weighted by Crippen LogP contribution is 2.38. The number of nitrogen functional groups attached to an aromatic ring is 1. The van der Waals surface area contributed by atoms with Crippen LogP contribution in [-0.2, 0) is 0 Å². The first-order valence-corrected chi connectivity index (χ1v) is 6.03. The molecular weight excluding hydrogens is 182 g/mol. The van der Waals surface area contributed by atoms with E-state index in [2.05, 4.69) is 26.0 Å². The highest BCUT2D eigenvalue weighted by atomic mass is 14.6.